The van der Waals surface area contributed by atoms with E-state index in [2.05, 4.69) is 5.32 Å². The van der Waals surface area contributed by atoms with Crippen LogP contribution < -0.4 is 5.32 Å². The molecule has 4 heteroatoms. The SMILES string of the molecule is O=C1Cc2cc(C(Cl)C3CCCCC3)c(Cl)cc2N1. The molecule has 19 heavy (non-hydrogen) atoms. The third-order valence-electron chi connectivity index (χ3n) is 4.21. The normalized spacial score (nSPS) is 21.1. The fraction of sp³-hybridized carbons (Fsp3) is 0.533. The molecule has 2 aliphatic rings. The molecule has 1 saturated carbocycles. The van der Waals surface area contributed by atoms with Gasteiger partial charge in [0.05, 0.1) is 11.8 Å². The van der Waals surface area contributed by atoms with Crippen molar-refractivity contribution in [1.29, 1.82) is 0 Å². The molecule has 1 aliphatic carbocycles. The van der Waals surface area contributed by atoms with Crippen LogP contribution in [0.5, 0.6) is 0 Å². The zero-order valence-corrected chi connectivity index (χ0v) is 12.2. The summed E-state index contributed by atoms with van der Waals surface area (Å²) < 4.78 is 0. The Labute approximate surface area is 123 Å². The average Bonchev–Trinajstić information content (AvgIpc) is 2.77. The van der Waals surface area contributed by atoms with Gasteiger partial charge in [0, 0.05) is 10.7 Å². The number of nitrogens with one attached hydrogen (secondary N) is 1. The zero-order valence-electron chi connectivity index (χ0n) is 10.7. The molecule has 0 bridgehead atoms. The summed E-state index contributed by atoms with van der Waals surface area (Å²) in [6.07, 6.45) is 6.63. The molecule has 102 valence electrons. The van der Waals surface area contributed by atoms with Gasteiger partial charge in [0.15, 0.2) is 0 Å². The Bertz CT molecular complexity index is 509. The third-order valence-corrected chi connectivity index (χ3v) is 5.13. The quantitative estimate of drug-likeness (QED) is 0.788. The van der Waals surface area contributed by atoms with Gasteiger partial charge in [-0.05, 0) is 36.0 Å². The van der Waals surface area contributed by atoms with E-state index >= 15 is 0 Å². The first-order valence-electron chi connectivity index (χ1n) is 6.91. The maximum absolute atomic E-state index is 11.4. The summed E-state index contributed by atoms with van der Waals surface area (Å²) in [6.45, 7) is 0. The molecule has 1 unspecified atom stereocenters. The number of benzene rings is 1. The Kier molecular flexibility index (Phi) is 3.72. The Morgan fingerprint density at radius 2 is 1.95 bits per heavy atom. The van der Waals surface area contributed by atoms with Crippen LogP contribution in [0.2, 0.25) is 5.02 Å². The van der Waals surface area contributed by atoms with Gasteiger partial charge in [-0.15, -0.1) is 11.6 Å². The van der Waals surface area contributed by atoms with Crippen LogP contribution in [0, 0.1) is 5.92 Å². The van der Waals surface area contributed by atoms with Crippen molar-refractivity contribution in [3.05, 3.63) is 28.3 Å². The second kappa shape index (κ2) is 5.34. The number of amides is 1. The van der Waals surface area contributed by atoms with Crippen molar-refractivity contribution in [2.45, 2.75) is 43.9 Å². The molecule has 1 fully saturated rings. The molecule has 0 saturated heterocycles. The van der Waals surface area contributed by atoms with E-state index in [-0.39, 0.29) is 11.3 Å². The van der Waals surface area contributed by atoms with Gasteiger partial charge in [0.2, 0.25) is 5.91 Å². The lowest BCUT2D eigenvalue weighted by Crippen LogP contribution is -2.12. The summed E-state index contributed by atoms with van der Waals surface area (Å²) in [7, 11) is 0. The number of carbonyl (C=O) groups excluding carboxylic acids is 1. The summed E-state index contributed by atoms with van der Waals surface area (Å²) >= 11 is 13.0. The Hall–Kier alpha value is -0.730. The van der Waals surface area contributed by atoms with Gasteiger partial charge < -0.3 is 5.32 Å². The maximum atomic E-state index is 11.4. The summed E-state index contributed by atoms with van der Waals surface area (Å²) in [4.78, 5) is 11.4. The maximum Gasteiger partial charge on any atom is 0.228 e. The molecule has 1 aromatic rings. The van der Waals surface area contributed by atoms with E-state index in [1.54, 1.807) is 0 Å². The van der Waals surface area contributed by atoms with E-state index in [1.807, 2.05) is 12.1 Å². The average molecular weight is 298 g/mol. The number of rotatable bonds is 2. The number of anilines is 1. The van der Waals surface area contributed by atoms with Gasteiger partial charge in [-0.1, -0.05) is 36.9 Å². The van der Waals surface area contributed by atoms with Gasteiger partial charge in [-0.25, -0.2) is 0 Å². The van der Waals surface area contributed by atoms with Gasteiger partial charge in [0.1, 0.15) is 0 Å². The number of alkyl halides is 1. The lowest BCUT2D eigenvalue weighted by Gasteiger charge is -2.27. The summed E-state index contributed by atoms with van der Waals surface area (Å²) in [6, 6.07) is 3.86. The molecule has 2 nitrogen and oxygen atoms in total. The van der Waals surface area contributed by atoms with Crippen molar-refractivity contribution in [2.24, 2.45) is 5.92 Å². The fourth-order valence-electron chi connectivity index (χ4n) is 3.16. The van der Waals surface area contributed by atoms with Gasteiger partial charge >= 0.3 is 0 Å². The molecule has 0 radical (unpaired) electrons. The highest BCUT2D eigenvalue weighted by atomic mass is 35.5. The van der Waals surface area contributed by atoms with Crippen LogP contribution in [0.15, 0.2) is 12.1 Å². The number of fused-ring (bicyclic) bond motifs is 1. The van der Waals surface area contributed by atoms with Crippen molar-refractivity contribution >= 4 is 34.8 Å². The first kappa shape index (κ1) is 13.3. The highest BCUT2D eigenvalue weighted by molar-refractivity contribution is 6.33. The molecule has 3 rings (SSSR count). The van der Waals surface area contributed by atoms with Crippen LogP contribution >= 0.6 is 23.2 Å². The van der Waals surface area contributed by atoms with E-state index in [0.717, 1.165) is 16.8 Å². The summed E-state index contributed by atoms with van der Waals surface area (Å²) in [5, 5.41) is 3.46. The Morgan fingerprint density at radius 3 is 2.68 bits per heavy atom. The lowest BCUT2D eigenvalue weighted by atomic mass is 9.84. The summed E-state index contributed by atoms with van der Waals surface area (Å²) in [5.41, 5.74) is 2.85. The molecule has 1 aliphatic heterocycles. The molecular formula is C15H17Cl2NO. The van der Waals surface area contributed by atoms with Gasteiger partial charge in [0.25, 0.3) is 0 Å². The number of halogens is 2. The van der Waals surface area contributed by atoms with Crippen molar-refractivity contribution < 1.29 is 4.79 Å². The Morgan fingerprint density at radius 1 is 1.21 bits per heavy atom. The number of hydrogen-bond donors (Lipinski definition) is 1. The number of carbonyl (C=O) groups is 1. The molecule has 1 heterocycles. The molecule has 0 spiro atoms. The standard InChI is InChI=1S/C15H17Cl2NO/c16-12-8-13-10(7-14(19)18-13)6-11(12)15(17)9-4-2-1-3-5-9/h6,8-9,15H,1-5,7H2,(H,18,19). The van der Waals surface area contributed by atoms with Crippen molar-refractivity contribution in [3.8, 4) is 0 Å². The minimum Gasteiger partial charge on any atom is -0.325 e. The minimum atomic E-state index is -0.0335. The monoisotopic (exact) mass is 297 g/mol. The largest absolute Gasteiger partial charge is 0.325 e. The first-order chi connectivity index (χ1) is 9.15. The fourth-order valence-corrected chi connectivity index (χ4v) is 3.93. The zero-order chi connectivity index (χ0) is 13.4. The van der Waals surface area contributed by atoms with Crippen LogP contribution in [0.1, 0.15) is 48.6 Å². The van der Waals surface area contributed by atoms with E-state index in [4.69, 9.17) is 23.2 Å². The first-order valence-corrected chi connectivity index (χ1v) is 7.73. The van der Waals surface area contributed by atoms with Gasteiger partial charge in [-0.2, -0.15) is 0 Å². The predicted molar refractivity (Wildman–Crippen MR) is 79.0 cm³/mol. The van der Waals surface area contributed by atoms with E-state index in [0.29, 0.717) is 17.4 Å². The predicted octanol–water partition coefficient (Wildman–Crippen LogP) is 4.69. The van der Waals surface area contributed by atoms with E-state index < -0.39 is 0 Å². The third kappa shape index (κ3) is 2.61. The lowest BCUT2D eigenvalue weighted by molar-refractivity contribution is -0.115. The molecule has 0 aromatic heterocycles. The van der Waals surface area contributed by atoms with E-state index in [1.165, 1.54) is 32.1 Å². The molecule has 1 aromatic carbocycles. The van der Waals surface area contributed by atoms with Crippen molar-refractivity contribution in [3.63, 3.8) is 0 Å². The Balaban J connectivity index is 1.88. The minimum absolute atomic E-state index is 0.0335. The smallest absolute Gasteiger partial charge is 0.228 e. The van der Waals surface area contributed by atoms with Crippen molar-refractivity contribution in [2.75, 3.05) is 5.32 Å². The highest BCUT2D eigenvalue weighted by Gasteiger charge is 2.27. The molecule has 1 atom stereocenters. The second-order valence-electron chi connectivity index (χ2n) is 5.56. The van der Waals surface area contributed by atoms with Crippen LogP contribution in [0.3, 0.4) is 0 Å². The molecular weight excluding hydrogens is 281 g/mol. The topological polar surface area (TPSA) is 29.1 Å². The van der Waals surface area contributed by atoms with Crippen LogP contribution in [0.25, 0.3) is 0 Å². The van der Waals surface area contributed by atoms with Gasteiger partial charge in [-0.3, -0.25) is 4.79 Å². The summed E-state index contributed by atoms with van der Waals surface area (Å²) in [5.74, 6) is 0.544. The van der Waals surface area contributed by atoms with Crippen LogP contribution in [0.4, 0.5) is 5.69 Å². The second-order valence-corrected chi connectivity index (χ2v) is 6.43. The van der Waals surface area contributed by atoms with E-state index in [9.17, 15) is 4.79 Å². The number of hydrogen-bond acceptors (Lipinski definition) is 1. The van der Waals surface area contributed by atoms with Crippen LogP contribution in [-0.4, -0.2) is 5.91 Å². The highest BCUT2D eigenvalue weighted by Crippen LogP contribution is 2.43. The van der Waals surface area contributed by atoms with Crippen LogP contribution in [-0.2, 0) is 11.2 Å². The molecule has 1 amide bonds. The van der Waals surface area contributed by atoms with Crippen molar-refractivity contribution in [1.82, 2.24) is 0 Å². The molecule has 1 N–H and O–H groups in total.